The molecule has 0 radical (unpaired) electrons. The van der Waals surface area contributed by atoms with Crippen molar-refractivity contribution in [3.8, 4) is 0 Å². The van der Waals surface area contributed by atoms with Crippen LogP contribution >= 0.6 is 0 Å². The van der Waals surface area contributed by atoms with Gasteiger partial charge in [0, 0.05) is 31.1 Å². The number of allylic oxidation sites excluding steroid dienone is 2. The summed E-state index contributed by atoms with van der Waals surface area (Å²) >= 11 is 0. The molecule has 1 aromatic heterocycles. The van der Waals surface area contributed by atoms with E-state index in [0.29, 0.717) is 5.82 Å². The fourth-order valence-electron chi connectivity index (χ4n) is 2.94. The van der Waals surface area contributed by atoms with E-state index in [9.17, 15) is 13.6 Å². The molecule has 1 aromatic rings. The van der Waals surface area contributed by atoms with Crippen molar-refractivity contribution < 1.29 is 8.78 Å². The third kappa shape index (κ3) is 2.96. The van der Waals surface area contributed by atoms with Crippen molar-refractivity contribution in [3.63, 3.8) is 0 Å². The third-order valence-electron chi connectivity index (χ3n) is 4.26. The van der Waals surface area contributed by atoms with Gasteiger partial charge in [-0.3, -0.25) is 0 Å². The van der Waals surface area contributed by atoms with E-state index in [2.05, 4.69) is 16.0 Å². The molecule has 0 amide bonds. The number of piperidine rings is 1. The van der Waals surface area contributed by atoms with Crippen LogP contribution < -0.4 is 21.2 Å². The van der Waals surface area contributed by atoms with Crippen LogP contribution in [0.4, 0.5) is 14.6 Å². The van der Waals surface area contributed by atoms with Crippen LogP contribution in [0.15, 0.2) is 16.9 Å². The predicted octanol–water partition coefficient (Wildman–Crippen LogP) is 1.31. The molecule has 118 valence electrons. The Balaban J connectivity index is 2.14. The topological polar surface area (TPSA) is 49.0 Å². The fourth-order valence-corrected chi connectivity index (χ4v) is 2.94. The van der Waals surface area contributed by atoms with Gasteiger partial charge in [0.25, 0.3) is 5.92 Å². The Morgan fingerprint density at radius 2 is 2.05 bits per heavy atom. The Morgan fingerprint density at radius 1 is 1.32 bits per heavy atom. The van der Waals surface area contributed by atoms with Gasteiger partial charge < -0.3 is 9.88 Å². The van der Waals surface area contributed by atoms with Gasteiger partial charge in [-0.1, -0.05) is 12.2 Å². The molecule has 0 unspecified atom stereocenters. The quantitative estimate of drug-likeness (QED) is 0.851. The highest BCUT2D eigenvalue weighted by atomic mass is 19.3. The minimum absolute atomic E-state index is 0.200. The van der Waals surface area contributed by atoms with E-state index in [1.54, 1.807) is 4.90 Å². The molecule has 0 saturated carbocycles. The number of nitrogens with one attached hydrogen (secondary N) is 1. The van der Waals surface area contributed by atoms with Crippen molar-refractivity contribution in [1.82, 2.24) is 9.97 Å². The first-order chi connectivity index (χ1) is 10.5. The van der Waals surface area contributed by atoms with Gasteiger partial charge in [-0.25, -0.2) is 13.6 Å². The number of hydrogen-bond acceptors (Lipinski definition) is 3. The molecular weight excluding hydrogens is 288 g/mol. The smallest absolute Gasteiger partial charge is 0.347 e. The number of fused-ring (bicyclic) bond motifs is 1. The second-order valence-electron chi connectivity index (χ2n) is 5.91. The molecule has 1 N–H and O–H groups in total. The van der Waals surface area contributed by atoms with Crippen molar-refractivity contribution in [2.45, 2.75) is 38.5 Å². The summed E-state index contributed by atoms with van der Waals surface area (Å²) in [4.78, 5) is 20.5. The fraction of sp³-hybridized carbons (Fsp3) is 0.500. The lowest BCUT2D eigenvalue weighted by molar-refractivity contribution is -0.0221. The Bertz CT molecular complexity index is 770. The highest BCUT2D eigenvalue weighted by Crippen LogP contribution is 2.28. The van der Waals surface area contributed by atoms with Crippen LogP contribution in [-0.4, -0.2) is 29.0 Å². The number of halogens is 2. The lowest BCUT2D eigenvalue weighted by atomic mass is 10.1. The number of hydrogen-bond donors (Lipinski definition) is 1. The molecule has 4 nitrogen and oxygen atoms in total. The van der Waals surface area contributed by atoms with E-state index in [1.807, 2.05) is 19.1 Å². The second kappa shape index (κ2) is 5.66. The molecule has 2 aliphatic rings. The average molecular weight is 307 g/mol. The highest BCUT2D eigenvalue weighted by Gasteiger charge is 2.34. The first-order valence-corrected chi connectivity index (χ1v) is 7.56. The van der Waals surface area contributed by atoms with Crippen molar-refractivity contribution in [2.75, 3.05) is 18.0 Å². The Kier molecular flexibility index (Phi) is 3.85. The second-order valence-corrected chi connectivity index (χ2v) is 5.91. The summed E-state index contributed by atoms with van der Waals surface area (Å²) < 4.78 is 26.7. The van der Waals surface area contributed by atoms with Crippen LogP contribution in [0.5, 0.6) is 0 Å². The molecule has 1 saturated heterocycles. The lowest BCUT2D eigenvalue weighted by Gasteiger charge is -2.32. The van der Waals surface area contributed by atoms with Crippen molar-refractivity contribution in [1.29, 1.82) is 0 Å². The summed E-state index contributed by atoms with van der Waals surface area (Å²) in [5, 5.41) is 1.59. The summed E-state index contributed by atoms with van der Waals surface area (Å²) in [7, 11) is 0. The van der Waals surface area contributed by atoms with Gasteiger partial charge in [0.15, 0.2) is 0 Å². The Hall–Kier alpha value is -1.98. The van der Waals surface area contributed by atoms with Crippen molar-refractivity contribution >= 4 is 17.5 Å². The zero-order valence-corrected chi connectivity index (χ0v) is 12.5. The molecule has 2 heterocycles. The van der Waals surface area contributed by atoms with Crippen LogP contribution in [0.1, 0.15) is 32.6 Å². The van der Waals surface area contributed by atoms with Gasteiger partial charge in [0.2, 0.25) is 0 Å². The predicted molar refractivity (Wildman–Crippen MR) is 82.4 cm³/mol. The SMILES string of the molecule is CC1=c2[nH]c(=O)nc(N3CCC(F)(F)CC3)c2=CC=CCC1. The average Bonchev–Trinajstić information content (AvgIpc) is 2.45. The van der Waals surface area contributed by atoms with Gasteiger partial charge in [-0.2, -0.15) is 4.98 Å². The van der Waals surface area contributed by atoms with E-state index in [4.69, 9.17) is 0 Å². The molecule has 0 aromatic carbocycles. The maximum Gasteiger partial charge on any atom is 0.347 e. The summed E-state index contributed by atoms with van der Waals surface area (Å²) in [6, 6.07) is 0. The zero-order valence-electron chi connectivity index (χ0n) is 12.5. The molecule has 1 fully saturated rings. The first-order valence-electron chi connectivity index (χ1n) is 7.56. The number of nitrogens with zero attached hydrogens (tertiary/aromatic N) is 2. The molecule has 0 atom stereocenters. The summed E-state index contributed by atoms with van der Waals surface area (Å²) in [5.41, 5.74) is 0.655. The van der Waals surface area contributed by atoms with Gasteiger partial charge in [0.05, 0.1) is 5.35 Å². The number of H-pyrrole nitrogens is 1. The number of rotatable bonds is 1. The summed E-state index contributed by atoms with van der Waals surface area (Å²) in [6.07, 6.45) is 7.28. The number of anilines is 1. The normalized spacial score (nSPS) is 20.9. The van der Waals surface area contributed by atoms with E-state index < -0.39 is 11.6 Å². The molecule has 3 rings (SSSR count). The van der Waals surface area contributed by atoms with E-state index in [-0.39, 0.29) is 25.9 Å². The molecule has 0 spiro atoms. The van der Waals surface area contributed by atoms with Crippen LogP contribution in [-0.2, 0) is 0 Å². The summed E-state index contributed by atoms with van der Waals surface area (Å²) in [5.74, 6) is -2.10. The Labute approximate surface area is 126 Å². The van der Waals surface area contributed by atoms with Crippen molar-refractivity contribution in [3.05, 3.63) is 33.2 Å². The van der Waals surface area contributed by atoms with Gasteiger partial charge in [0.1, 0.15) is 5.82 Å². The number of aromatic nitrogens is 2. The Morgan fingerprint density at radius 3 is 2.77 bits per heavy atom. The largest absolute Gasteiger partial charge is 0.355 e. The minimum atomic E-state index is -2.61. The maximum atomic E-state index is 13.4. The highest BCUT2D eigenvalue weighted by molar-refractivity contribution is 5.54. The van der Waals surface area contributed by atoms with Crippen LogP contribution in [0, 0.1) is 0 Å². The van der Waals surface area contributed by atoms with Gasteiger partial charge in [-0.15, -0.1) is 0 Å². The number of aromatic amines is 1. The van der Waals surface area contributed by atoms with Crippen LogP contribution in [0.25, 0.3) is 11.6 Å². The number of alkyl halides is 2. The van der Waals surface area contributed by atoms with E-state index in [1.165, 1.54) is 0 Å². The third-order valence-corrected chi connectivity index (χ3v) is 4.26. The van der Waals surface area contributed by atoms with E-state index >= 15 is 0 Å². The zero-order chi connectivity index (χ0) is 15.7. The molecule has 1 aliphatic heterocycles. The first kappa shape index (κ1) is 14.9. The molecule has 22 heavy (non-hydrogen) atoms. The van der Waals surface area contributed by atoms with Crippen LogP contribution in [0.3, 0.4) is 0 Å². The molecule has 0 bridgehead atoms. The molecular formula is C16H19F2N3O. The van der Waals surface area contributed by atoms with Gasteiger partial charge >= 0.3 is 5.69 Å². The maximum absolute atomic E-state index is 13.4. The van der Waals surface area contributed by atoms with Crippen molar-refractivity contribution in [2.24, 2.45) is 0 Å². The van der Waals surface area contributed by atoms with Gasteiger partial charge in [-0.05, 0) is 31.4 Å². The van der Waals surface area contributed by atoms with E-state index in [0.717, 1.165) is 29.0 Å². The minimum Gasteiger partial charge on any atom is -0.355 e. The molecule has 1 aliphatic carbocycles. The summed E-state index contributed by atoms with van der Waals surface area (Å²) in [6.45, 7) is 2.41. The lowest BCUT2D eigenvalue weighted by Crippen LogP contribution is -2.47. The van der Waals surface area contributed by atoms with Crippen LogP contribution in [0.2, 0.25) is 0 Å². The standard InChI is InChI=1S/C16H19F2N3O/c1-11-5-3-2-4-6-12-13(11)19-15(22)20-14(12)21-9-7-16(17,18)8-10-21/h2,4,6H,3,5,7-10H2,1H3,(H,19,22). The monoisotopic (exact) mass is 307 g/mol. The molecule has 6 heteroatoms.